The van der Waals surface area contributed by atoms with E-state index in [1.54, 1.807) is 0 Å². The lowest BCUT2D eigenvalue weighted by Gasteiger charge is -2.31. The van der Waals surface area contributed by atoms with E-state index in [1.807, 2.05) is 0 Å². The highest BCUT2D eigenvalue weighted by Gasteiger charge is 2.26. The Morgan fingerprint density at radius 1 is 0.842 bits per heavy atom. The SMILES string of the molecule is CN[C@@H]1CCC(c2ccccc2)c2ccccc21.Cl. The van der Waals surface area contributed by atoms with Crippen molar-refractivity contribution in [1.82, 2.24) is 5.32 Å². The molecule has 19 heavy (non-hydrogen) atoms. The molecule has 2 heteroatoms. The predicted octanol–water partition coefficient (Wildman–Crippen LogP) is 4.29. The average Bonchev–Trinajstić information content (AvgIpc) is 2.47. The second-order valence-corrected chi connectivity index (χ2v) is 5.01. The molecule has 0 aromatic heterocycles. The van der Waals surface area contributed by atoms with Gasteiger partial charge in [-0.05, 0) is 36.6 Å². The molecule has 1 aliphatic carbocycles. The van der Waals surface area contributed by atoms with E-state index >= 15 is 0 Å². The first-order valence-corrected chi connectivity index (χ1v) is 6.71. The van der Waals surface area contributed by atoms with Crippen molar-refractivity contribution >= 4 is 12.4 Å². The fourth-order valence-corrected chi connectivity index (χ4v) is 3.12. The lowest BCUT2D eigenvalue weighted by atomic mass is 9.77. The van der Waals surface area contributed by atoms with E-state index in [9.17, 15) is 0 Å². The molecule has 0 radical (unpaired) electrons. The molecule has 0 aliphatic heterocycles. The van der Waals surface area contributed by atoms with Gasteiger partial charge in [-0.1, -0.05) is 54.6 Å². The van der Waals surface area contributed by atoms with Crippen molar-refractivity contribution < 1.29 is 0 Å². The molecule has 0 saturated heterocycles. The van der Waals surface area contributed by atoms with Gasteiger partial charge < -0.3 is 5.32 Å². The molecule has 1 unspecified atom stereocenters. The molecule has 1 N–H and O–H groups in total. The molecule has 0 fully saturated rings. The molecule has 3 rings (SSSR count). The summed E-state index contributed by atoms with van der Waals surface area (Å²) < 4.78 is 0. The maximum atomic E-state index is 3.43. The minimum Gasteiger partial charge on any atom is -0.313 e. The summed E-state index contributed by atoms with van der Waals surface area (Å²) >= 11 is 0. The second kappa shape index (κ2) is 6.23. The van der Waals surface area contributed by atoms with Gasteiger partial charge in [-0.15, -0.1) is 12.4 Å². The van der Waals surface area contributed by atoms with Gasteiger partial charge in [-0.3, -0.25) is 0 Å². The van der Waals surface area contributed by atoms with Gasteiger partial charge in [0.25, 0.3) is 0 Å². The summed E-state index contributed by atoms with van der Waals surface area (Å²) in [6, 6.07) is 20.3. The molecule has 1 aliphatic rings. The molecule has 2 aromatic carbocycles. The molecule has 2 aromatic rings. The van der Waals surface area contributed by atoms with Crippen LogP contribution >= 0.6 is 12.4 Å². The van der Waals surface area contributed by atoms with Gasteiger partial charge in [0.05, 0.1) is 0 Å². The van der Waals surface area contributed by atoms with Gasteiger partial charge >= 0.3 is 0 Å². The highest BCUT2D eigenvalue weighted by Crippen LogP contribution is 2.40. The zero-order chi connectivity index (χ0) is 12.4. The van der Waals surface area contributed by atoms with Crippen LogP contribution in [0.25, 0.3) is 0 Å². The lowest BCUT2D eigenvalue weighted by molar-refractivity contribution is 0.471. The van der Waals surface area contributed by atoms with Crippen molar-refractivity contribution in [1.29, 1.82) is 0 Å². The molecule has 0 bridgehead atoms. The van der Waals surface area contributed by atoms with E-state index in [0.717, 1.165) is 0 Å². The maximum absolute atomic E-state index is 3.43. The number of rotatable bonds is 2. The highest BCUT2D eigenvalue weighted by atomic mass is 35.5. The van der Waals surface area contributed by atoms with Crippen LogP contribution < -0.4 is 5.32 Å². The normalized spacial score (nSPS) is 21.3. The number of hydrogen-bond acceptors (Lipinski definition) is 1. The van der Waals surface area contributed by atoms with Gasteiger partial charge in [0.15, 0.2) is 0 Å². The molecular weight excluding hydrogens is 254 g/mol. The van der Waals surface area contributed by atoms with Gasteiger partial charge in [0.1, 0.15) is 0 Å². The van der Waals surface area contributed by atoms with Crippen LogP contribution in [0.1, 0.15) is 41.5 Å². The van der Waals surface area contributed by atoms with Crippen molar-refractivity contribution in [2.24, 2.45) is 0 Å². The topological polar surface area (TPSA) is 12.0 Å². The Labute approximate surface area is 121 Å². The van der Waals surface area contributed by atoms with Crippen LogP contribution in [-0.2, 0) is 0 Å². The van der Waals surface area contributed by atoms with Crippen molar-refractivity contribution in [3.63, 3.8) is 0 Å². The van der Waals surface area contributed by atoms with E-state index in [4.69, 9.17) is 0 Å². The highest BCUT2D eigenvalue weighted by molar-refractivity contribution is 5.85. The standard InChI is InChI=1S/C17H19N.ClH/c1-18-17-12-11-14(13-7-3-2-4-8-13)15-9-5-6-10-16(15)17;/h2-10,14,17-18H,11-12H2,1H3;1H/t14?,17-;/m1./s1. The van der Waals surface area contributed by atoms with Gasteiger partial charge in [0.2, 0.25) is 0 Å². The summed E-state index contributed by atoms with van der Waals surface area (Å²) in [6.45, 7) is 0. The van der Waals surface area contributed by atoms with Crippen molar-refractivity contribution in [2.45, 2.75) is 24.8 Å². The van der Waals surface area contributed by atoms with Crippen LogP contribution in [0.5, 0.6) is 0 Å². The zero-order valence-electron chi connectivity index (χ0n) is 11.2. The Morgan fingerprint density at radius 3 is 2.16 bits per heavy atom. The molecule has 0 amide bonds. The summed E-state index contributed by atoms with van der Waals surface area (Å²) in [5.74, 6) is 0.562. The monoisotopic (exact) mass is 273 g/mol. The summed E-state index contributed by atoms with van der Waals surface area (Å²) in [6.07, 6.45) is 2.44. The third kappa shape index (κ3) is 2.68. The van der Waals surface area contributed by atoms with Gasteiger partial charge in [-0.25, -0.2) is 0 Å². The van der Waals surface area contributed by atoms with E-state index in [0.29, 0.717) is 12.0 Å². The number of benzene rings is 2. The number of fused-ring (bicyclic) bond motifs is 1. The summed E-state index contributed by atoms with van der Waals surface area (Å²) in [5, 5.41) is 3.43. The Morgan fingerprint density at radius 2 is 1.47 bits per heavy atom. The summed E-state index contributed by atoms with van der Waals surface area (Å²) in [7, 11) is 2.06. The second-order valence-electron chi connectivity index (χ2n) is 5.01. The van der Waals surface area contributed by atoms with Crippen molar-refractivity contribution in [3.05, 3.63) is 71.3 Å². The summed E-state index contributed by atoms with van der Waals surface area (Å²) in [4.78, 5) is 0. The molecule has 0 saturated carbocycles. The lowest BCUT2D eigenvalue weighted by Crippen LogP contribution is -2.24. The van der Waals surface area contributed by atoms with E-state index < -0.39 is 0 Å². The fourth-order valence-electron chi connectivity index (χ4n) is 3.12. The van der Waals surface area contributed by atoms with Crippen LogP contribution in [0.15, 0.2) is 54.6 Å². The Kier molecular flexibility index (Phi) is 4.62. The van der Waals surface area contributed by atoms with Crippen molar-refractivity contribution in [3.8, 4) is 0 Å². The summed E-state index contributed by atoms with van der Waals surface area (Å²) in [5.41, 5.74) is 4.41. The zero-order valence-corrected chi connectivity index (χ0v) is 12.0. The van der Waals surface area contributed by atoms with Crippen LogP contribution in [0, 0.1) is 0 Å². The van der Waals surface area contributed by atoms with Crippen LogP contribution in [0.3, 0.4) is 0 Å². The third-order valence-electron chi connectivity index (χ3n) is 4.04. The number of hydrogen-bond donors (Lipinski definition) is 1. The molecule has 0 heterocycles. The average molecular weight is 274 g/mol. The molecule has 100 valence electrons. The first-order chi connectivity index (χ1) is 8.90. The van der Waals surface area contributed by atoms with Crippen LogP contribution in [0.2, 0.25) is 0 Å². The van der Waals surface area contributed by atoms with Crippen LogP contribution in [-0.4, -0.2) is 7.05 Å². The Bertz CT molecular complexity index is 524. The molecule has 0 spiro atoms. The quantitative estimate of drug-likeness (QED) is 0.860. The van der Waals surface area contributed by atoms with E-state index in [2.05, 4.69) is 67.0 Å². The van der Waals surface area contributed by atoms with Gasteiger partial charge in [0, 0.05) is 12.0 Å². The van der Waals surface area contributed by atoms with Gasteiger partial charge in [-0.2, -0.15) is 0 Å². The minimum atomic E-state index is 0. The fraction of sp³-hybridized carbons (Fsp3) is 0.294. The largest absolute Gasteiger partial charge is 0.313 e. The smallest absolute Gasteiger partial charge is 0.0320 e. The first-order valence-electron chi connectivity index (χ1n) is 6.71. The number of halogens is 1. The van der Waals surface area contributed by atoms with Crippen molar-refractivity contribution in [2.75, 3.05) is 7.05 Å². The first kappa shape index (κ1) is 14.1. The van der Waals surface area contributed by atoms with Crippen LogP contribution in [0.4, 0.5) is 0 Å². The minimum absolute atomic E-state index is 0. The third-order valence-corrected chi connectivity index (χ3v) is 4.04. The Hall–Kier alpha value is -1.31. The van der Waals surface area contributed by atoms with E-state index in [1.165, 1.54) is 29.5 Å². The molecule has 1 nitrogen and oxygen atoms in total. The predicted molar refractivity (Wildman–Crippen MR) is 83.0 cm³/mol. The molecular formula is C17H20ClN. The number of nitrogens with one attached hydrogen (secondary N) is 1. The maximum Gasteiger partial charge on any atom is 0.0320 e. The molecule has 2 atom stereocenters. The Balaban J connectivity index is 0.00000133. The van der Waals surface area contributed by atoms with E-state index in [-0.39, 0.29) is 12.4 Å².